The Bertz CT molecular complexity index is 524. The van der Waals surface area contributed by atoms with E-state index in [9.17, 15) is 4.79 Å². The van der Waals surface area contributed by atoms with Gasteiger partial charge in [0.05, 0.1) is 18.7 Å². The van der Waals surface area contributed by atoms with Crippen LogP contribution in [-0.2, 0) is 0 Å². The van der Waals surface area contributed by atoms with Gasteiger partial charge in [0.15, 0.2) is 5.78 Å². The summed E-state index contributed by atoms with van der Waals surface area (Å²) >= 11 is 0. The lowest BCUT2D eigenvalue weighted by Crippen LogP contribution is -2.38. The van der Waals surface area contributed by atoms with E-state index < -0.39 is 0 Å². The first-order valence-corrected chi connectivity index (χ1v) is 9.03. The molecule has 0 spiro atoms. The van der Waals surface area contributed by atoms with Crippen molar-refractivity contribution in [2.45, 2.75) is 52.9 Å². The Kier molecular flexibility index (Phi) is 6.64. The number of hydrogen-bond donors (Lipinski definition) is 0. The lowest BCUT2D eigenvalue weighted by atomic mass is 9.97. The highest BCUT2D eigenvalue weighted by Gasteiger charge is 2.21. The smallest absolute Gasteiger partial charge is 0.180 e. The number of carbonyl (C=O) groups is 1. The van der Waals surface area contributed by atoms with E-state index in [1.807, 2.05) is 12.1 Å². The van der Waals surface area contributed by atoms with E-state index in [1.165, 1.54) is 18.4 Å². The highest BCUT2D eigenvalue weighted by Crippen LogP contribution is 2.26. The summed E-state index contributed by atoms with van der Waals surface area (Å²) in [6.45, 7) is 11.9. The Balaban J connectivity index is 2.16. The zero-order valence-corrected chi connectivity index (χ0v) is 15.1. The fourth-order valence-corrected chi connectivity index (χ4v) is 3.18. The third kappa shape index (κ3) is 5.07. The van der Waals surface area contributed by atoms with Gasteiger partial charge in [-0.3, -0.25) is 9.69 Å². The van der Waals surface area contributed by atoms with Gasteiger partial charge in [0.25, 0.3) is 0 Å². The van der Waals surface area contributed by atoms with Gasteiger partial charge in [-0.25, -0.2) is 0 Å². The van der Waals surface area contributed by atoms with Crippen molar-refractivity contribution >= 4 is 5.78 Å². The van der Waals surface area contributed by atoms with E-state index in [0.717, 1.165) is 30.8 Å². The Labute approximate surface area is 141 Å². The first-order valence-electron chi connectivity index (χ1n) is 9.03. The van der Waals surface area contributed by atoms with E-state index in [1.54, 1.807) is 0 Å². The van der Waals surface area contributed by atoms with Gasteiger partial charge in [0, 0.05) is 6.54 Å². The molecule has 128 valence electrons. The zero-order valence-electron chi connectivity index (χ0n) is 15.1. The van der Waals surface area contributed by atoms with E-state index in [0.29, 0.717) is 25.0 Å². The molecular weight excluding hydrogens is 286 g/mol. The fourth-order valence-electron chi connectivity index (χ4n) is 3.18. The normalized spacial score (nSPS) is 19.1. The summed E-state index contributed by atoms with van der Waals surface area (Å²) in [5.74, 6) is 2.03. The van der Waals surface area contributed by atoms with Gasteiger partial charge in [0.2, 0.25) is 0 Å². The minimum atomic E-state index is 0.188. The number of nitrogens with zero attached hydrogens (tertiary/aromatic N) is 1. The monoisotopic (exact) mass is 317 g/mol. The minimum Gasteiger partial charge on any atom is -0.493 e. The van der Waals surface area contributed by atoms with Crippen molar-refractivity contribution in [1.82, 2.24) is 4.90 Å². The van der Waals surface area contributed by atoms with Crippen LogP contribution in [0.3, 0.4) is 0 Å². The Morgan fingerprint density at radius 2 is 2.17 bits per heavy atom. The fraction of sp³-hybridized carbons (Fsp3) is 0.650. The molecule has 2 rings (SSSR count). The van der Waals surface area contributed by atoms with Crippen molar-refractivity contribution in [3.8, 4) is 5.75 Å². The first kappa shape index (κ1) is 18.0. The van der Waals surface area contributed by atoms with Gasteiger partial charge in [-0.15, -0.1) is 0 Å². The number of likely N-dealkylation sites (tertiary alicyclic amines) is 1. The summed E-state index contributed by atoms with van der Waals surface area (Å²) in [5.41, 5.74) is 1.95. The first-order chi connectivity index (χ1) is 11.0. The highest BCUT2D eigenvalue weighted by atomic mass is 16.5. The maximum absolute atomic E-state index is 12.9. The van der Waals surface area contributed by atoms with Crippen molar-refractivity contribution < 1.29 is 9.53 Å². The summed E-state index contributed by atoms with van der Waals surface area (Å²) in [7, 11) is 0. The second-order valence-electron chi connectivity index (χ2n) is 7.16. The lowest BCUT2D eigenvalue weighted by molar-refractivity contribution is 0.0889. The van der Waals surface area contributed by atoms with Crippen LogP contribution in [0.2, 0.25) is 0 Å². The second kappa shape index (κ2) is 8.49. The maximum Gasteiger partial charge on any atom is 0.180 e. The molecule has 1 aromatic carbocycles. The second-order valence-corrected chi connectivity index (χ2v) is 7.16. The van der Waals surface area contributed by atoms with Crippen LogP contribution in [0, 0.1) is 5.92 Å². The molecule has 0 N–H and O–H groups in total. The number of rotatable bonds is 7. The van der Waals surface area contributed by atoms with Crippen molar-refractivity contribution in [2.24, 2.45) is 5.92 Å². The van der Waals surface area contributed by atoms with Gasteiger partial charge in [0.1, 0.15) is 5.75 Å². The van der Waals surface area contributed by atoms with E-state index in [2.05, 4.69) is 38.7 Å². The van der Waals surface area contributed by atoms with Gasteiger partial charge in [-0.05, 0) is 55.3 Å². The number of hydrogen-bond acceptors (Lipinski definition) is 3. The molecule has 0 radical (unpaired) electrons. The number of ketones is 1. The number of benzene rings is 1. The van der Waals surface area contributed by atoms with Gasteiger partial charge >= 0.3 is 0 Å². The molecule has 23 heavy (non-hydrogen) atoms. The minimum absolute atomic E-state index is 0.188. The summed E-state index contributed by atoms with van der Waals surface area (Å²) in [6, 6.07) is 6.08. The molecule has 1 atom stereocenters. The topological polar surface area (TPSA) is 29.5 Å². The molecule has 1 unspecified atom stereocenters. The Hall–Kier alpha value is -1.35. The van der Waals surface area contributed by atoms with Gasteiger partial charge in [-0.2, -0.15) is 0 Å². The molecule has 0 aliphatic carbocycles. The van der Waals surface area contributed by atoms with E-state index >= 15 is 0 Å². The van der Waals surface area contributed by atoms with Crippen LogP contribution in [0.5, 0.6) is 5.75 Å². The summed E-state index contributed by atoms with van der Waals surface area (Å²) < 4.78 is 5.81. The van der Waals surface area contributed by atoms with Gasteiger partial charge in [-0.1, -0.05) is 33.8 Å². The molecule has 3 heteroatoms. The average molecular weight is 317 g/mol. The SMILES string of the molecule is CCCOc1ccc(C(C)C)cc1C(=O)CN1CCCC(C)C1. The molecule has 0 amide bonds. The molecule has 0 aromatic heterocycles. The van der Waals surface area contributed by atoms with Crippen LogP contribution in [0.1, 0.15) is 68.8 Å². The predicted molar refractivity (Wildman–Crippen MR) is 95.5 cm³/mol. The maximum atomic E-state index is 12.9. The van der Waals surface area contributed by atoms with E-state index in [4.69, 9.17) is 4.74 Å². The summed E-state index contributed by atoms with van der Waals surface area (Å²) in [4.78, 5) is 15.2. The largest absolute Gasteiger partial charge is 0.493 e. The molecule has 1 saturated heterocycles. The summed E-state index contributed by atoms with van der Waals surface area (Å²) in [5, 5.41) is 0. The van der Waals surface area contributed by atoms with Crippen LogP contribution < -0.4 is 4.74 Å². The highest BCUT2D eigenvalue weighted by molar-refractivity contribution is 6.00. The average Bonchev–Trinajstić information content (AvgIpc) is 2.52. The molecule has 1 aliphatic heterocycles. The van der Waals surface area contributed by atoms with Crippen molar-refractivity contribution in [1.29, 1.82) is 0 Å². The molecule has 3 nitrogen and oxygen atoms in total. The molecule has 1 aromatic rings. The van der Waals surface area contributed by atoms with Crippen LogP contribution in [0.15, 0.2) is 18.2 Å². The number of Topliss-reactive ketones (excluding diaryl/α,β-unsaturated/α-hetero) is 1. The number of piperidine rings is 1. The number of ether oxygens (including phenoxy) is 1. The Morgan fingerprint density at radius 3 is 2.83 bits per heavy atom. The van der Waals surface area contributed by atoms with Crippen LogP contribution in [-0.4, -0.2) is 36.9 Å². The molecule has 1 heterocycles. The van der Waals surface area contributed by atoms with Crippen LogP contribution in [0.25, 0.3) is 0 Å². The lowest BCUT2D eigenvalue weighted by Gasteiger charge is -2.30. The molecular formula is C20H31NO2. The van der Waals surface area contributed by atoms with Crippen molar-refractivity contribution in [2.75, 3.05) is 26.2 Å². The van der Waals surface area contributed by atoms with Crippen LogP contribution in [0.4, 0.5) is 0 Å². The quantitative estimate of drug-likeness (QED) is 0.693. The Morgan fingerprint density at radius 1 is 1.39 bits per heavy atom. The third-order valence-corrected chi connectivity index (χ3v) is 4.54. The molecule has 0 bridgehead atoms. The van der Waals surface area contributed by atoms with Crippen molar-refractivity contribution in [3.63, 3.8) is 0 Å². The number of carbonyl (C=O) groups excluding carboxylic acids is 1. The summed E-state index contributed by atoms with van der Waals surface area (Å²) in [6.07, 6.45) is 3.42. The van der Waals surface area contributed by atoms with E-state index in [-0.39, 0.29) is 5.78 Å². The van der Waals surface area contributed by atoms with Crippen LogP contribution >= 0.6 is 0 Å². The van der Waals surface area contributed by atoms with Crippen molar-refractivity contribution in [3.05, 3.63) is 29.3 Å². The van der Waals surface area contributed by atoms with Gasteiger partial charge < -0.3 is 4.74 Å². The standard InChI is InChI=1S/C20H31NO2/c1-5-11-23-20-9-8-17(15(2)3)12-18(20)19(22)14-21-10-6-7-16(4)13-21/h8-9,12,15-16H,5-7,10-11,13-14H2,1-4H3. The molecule has 0 saturated carbocycles. The molecule has 1 fully saturated rings. The molecule has 1 aliphatic rings. The predicted octanol–water partition coefficient (Wildman–Crippen LogP) is 4.51. The third-order valence-electron chi connectivity index (χ3n) is 4.54. The zero-order chi connectivity index (χ0) is 16.8.